The number of hydrogen-bond acceptors (Lipinski definition) is 4. The first-order chi connectivity index (χ1) is 9.13. The normalized spacial score (nSPS) is 10.3. The second kappa shape index (κ2) is 6.04. The highest BCUT2D eigenvalue weighted by Crippen LogP contribution is 2.33. The van der Waals surface area contributed by atoms with Crippen LogP contribution in [0.25, 0.3) is 0 Å². The lowest BCUT2D eigenvalue weighted by Gasteiger charge is -2.12. The Morgan fingerprint density at radius 3 is 2.68 bits per heavy atom. The van der Waals surface area contributed by atoms with Crippen LogP contribution in [0.5, 0.6) is 17.4 Å². The predicted molar refractivity (Wildman–Crippen MR) is 77.6 cm³/mol. The van der Waals surface area contributed by atoms with Gasteiger partial charge < -0.3 is 15.2 Å². The van der Waals surface area contributed by atoms with E-state index in [1.807, 2.05) is 31.2 Å². The highest BCUT2D eigenvalue weighted by Gasteiger charge is 2.09. The third-order valence-corrected chi connectivity index (χ3v) is 3.10. The molecule has 100 valence electrons. The third-order valence-electron chi connectivity index (χ3n) is 2.67. The molecule has 0 unspecified atom stereocenters. The lowest BCUT2D eigenvalue weighted by atomic mass is 10.2. The molecule has 0 fully saturated rings. The summed E-state index contributed by atoms with van der Waals surface area (Å²) in [6, 6.07) is 7.56. The molecule has 0 aliphatic rings. The molecule has 0 saturated heterocycles. The Hall–Kier alpha value is -1.59. The molecule has 19 heavy (non-hydrogen) atoms. The second-order valence-corrected chi connectivity index (χ2v) is 4.98. The molecule has 0 spiro atoms. The van der Waals surface area contributed by atoms with E-state index in [9.17, 15) is 0 Å². The van der Waals surface area contributed by atoms with Crippen LogP contribution in [0, 0.1) is 6.92 Å². The quantitative estimate of drug-likeness (QED) is 0.937. The summed E-state index contributed by atoms with van der Waals surface area (Å²) in [5.74, 6) is 1.83. The van der Waals surface area contributed by atoms with Gasteiger partial charge in [0.25, 0.3) is 0 Å². The number of benzene rings is 1. The van der Waals surface area contributed by atoms with Gasteiger partial charge in [0.05, 0.1) is 7.11 Å². The second-order valence-electron chi connectivity index (χ2n) is 4.07. The van der Waals surface area contributed by atoms with Crippen molar-refractivity contribution in [3.63, 3.8) is 0 Å². The topological polar surface area (TPSA) is 57.4 Å². The molecule has 1 aromatic carbocycles. The molecule has 2 rings (SSSR count). The van der Waals surface area contributed by atoms with Gasteiger partial charge in [-0.25, -0.2) is 4.98 Å². The van der Waals surface area contributed by atoms with Crippen molar-refractivity contribution in [1.29, 1.82) is 0 Å². The van der Waals surface area contributed by atoms with Crippen LogP contribution in [0.3, 0.4) is 0 Å². The van der Waals surface area contributed by atoms with Crippen LogP contribution in [-0.2, 0) is 6.54 Å². The van der Waals surface area contributed by atoms with Crippen molar-refractivity contribution >= 4 is 15.9 Å². The van der Waals surface area contributed by atoms with Crippen molar-refractivity contribution in [3.8, 4) is 17.4 Å². The summed E-state index contributed by atoms with van der Waals surface area (Å²) >= 11 is 3.37. The Kier molecular flexibility index (Phi) is 4.39. The Labute approximate surface area is 120 Å². The van der Waals surface area contributed by atoms with E-state index in [4.69, 9.17) is 15.2 Å². The molecule has 2 aromatic rings. The summed E-state index contributed by atoms with van der Waals surface area (Å²) in [6.07, 6.45) is 1.70. The van der Waals surface area contributed by atoms with Gasteiger partial charge in [0.15, 0.2) is 11.5 Å². The number of nitrogens with zero attached hydrogens (tertiary/aromatic N) is 1. The molecular formula is C14H15BrN2O2. The van der Waals surface area contributed by atoms with E-state index in [1.165, 1.54) is 0 Å². The molecule has 4 nitrogen and oxygen atoms in total. The minimum Gasteiger partial charge on any atom is -0.493 e. The van der Waals surface area contributed by atoms with Crippen molar-refractivity contribution in [2.24, 2.45) is 5.73 Å². The number of pyridine rings is 1. The van der Waals surface area contributed by atoms with E-state index < -0.39 is 0 Å². The van der Waals surface area contributed by atoms with Gasteiger partial charge in [-0.3, -0.25) is 0 Å². The lowest BCUT2D eigenvalue weighted by Crippen LogP contribution is -1.99. The molecule has 0 bridgehead atoms. The smallest absolute Gasteiger partial charge is 0.222 e. The number of methoxy groups -OCH3 is 1. The molecule has 0 saturated carbocycles. The molecule has 1 aromatic heterocycles. The number of aryl methyl sites for hydroxylation is 1. The van der Waals surface area contributed by atoms with Crippen molar-refractivity contribution in [3.05, 3.63) is 46.1 Å². The molecule has 0 radical (unpaired) electrons. The monoisotopic (exact) mass is 322 g/mol. The fourth-order valence-electron chi connectivity index (χ4n) is 1.66. The summed E-state index contributed by atoms with van der Waals surface area (Å²) in [4.78, 5) is 4.24. The van der Waals surface area contributed by atoms with Gasteiger partial charge in [-0.2, -0.15) is 0 Å². The van der Waals surface area contributed by atoms with Gasteiger partial charge in [0, 0.05) is 22.8 Å². The SMILES string of the molecule is COc1cc(CN)ccc1Oc1ncc(Br)cc1C. The van der Waals surface area contributed by atoms with Gasteiger partial charge >= 0.3 is 0 Å². The zero-order chi connectivity index (χ0) is 13.8. The summed E-state index contributed by atoms with van der Waals surface area (Å²) in [5.41, 5.74) is 7.54. The largest absolute Gasteiger partial charge is 0.493 e. The summed E-state index contributed by atoms with van der Waals surface area (Å²) in [7, 11) is 1.60. The Balaban J connectivity index is 2.32. The molecule has 5 heteroatoms. The van der Waals surface area contributed by atoms with Crippen LogP contribution in [0.4, 0.5) is 0 Å². The van der Waals surface area contributed by atoms with E-state index in [0.29, 0.717) is 23.9 Å². The zero-order valence-electron chi connectivity index (χ0n) is 10.8. The highest BCUT2D eigenvalue weighted by atomic mass is 79.9. The molecule has 0 aliphatic carbocycles. The van der Waals surface area contributed by atoms with Crippen LogP contribution in [0.1, 0.15) is 11.1 Å². The molecule has 0 atom stereocenters. The number of halogens is 1. The number of rotatable bonds is 4. The summed E-state index contributed by atoms with van der Waals surface area (Å²) in [5, 5.41) is 0. The van der Waals surface area contributed by atoms with Gasteiger partial charge in [-0.1, -0.05) is 6.07 Å². The van der Waals surface area contributed by atoms with Crippen molar-refractivity contribution in [2.45, 2.75) is 13.5 Å². The third kappa shape index (κ3) is 3.24. The number of ether oxygens (including phenoxy) is 2. The van der Waals surface area contributed by atoms with Gasteiger partial charge in [0.2, 0.25) is 5.88 Å². The van der Waals surface area contributed by atoms with Crippen molar-refractivity contribution in [1.82, 2.24) is 4.98 Å². The standard InChI is InChI=1S/C14H15BrN2O2/c1-9-5-11(15)8-17-14(9)19-12-4-3-10(7-16)6-13(12)18-2/h3-6,8H,7,16H2,1-2H3. The van der Waals surface area contributed by atoms with Crippen LogP contribution in [-0.4, -0.2) is 12.1 Å². The first kappa shape index (κ1) is 13.8. The highest BCUT2D eigenvalue weighted by molar-refractivity contribution is 9.10. The van der Waals surface area contributed by atoms with Gasteiger partial charge in [0.1, 0.15) is 0 Å². The average molecular weight is 323 g/mol. The Morgan fingerprint density at radius 2 is 2.05 bits per heavy atom. The van der Waals surface area contributed by atoms with E-state index >= 15 is 0 Å². The number of hydrogen-bond donors (Lipinski definition) is 1. The predicted octanol–water partition coefficient (Wildman–Crippen LogP) is 3.41. The van der Waals surface area contributed by atoms with Crippen molar-refractivity contribution < 1.29 is 9.47 Å². The van der Waals surface area contributed by atoms with E-state index in [-0.39, 0.29) is 0 Å². The van der Waals surface area contributed by atoms with Crippen LogP contribution >= 0.6 is 15.9 Å². The molecule has 1 heterocycles. The van der Waals surface area contributed by atoms with E-state index in [0.717, 1.165) is 15.6 Å². The van der Waals surface area contributed by atoms with Gasteiger partial charge in [-0.05, 0) is 46.6 Å². The first-order valence-electron chi connectivity index (χ1n) is 5.81. The minimum absolute atomic E-state index is 0.464. The Morgan fingerprint density at radius 1 is 1.26 bits per heavy atom. The molecular weight excluding hydrogens is 308 g/mol. The lowest BCUT2D eigenvalue weighted by molar-refractivity contribution is 0.372. The fraction of sp³-hybridized carbons (Fsp3) is 0.214. The number of nitrogens with two attached hydrogens (primary N) is 1. The van der Waals surface area contributed by atoms with Gasteiger partial charge in [-0.15, -0.1) is 0 Å². The maximum Gasteiger partial charge on any atom is 0.222 e. The van der Waals surface area contributed by atoms with Crippen molar-refractivity contribution in [2.75, 3.05) is 7.11 Å². The summed E-state index contributed by atoms with van der Waals surface area (Å²) in [6.45, 7) is 2.40. The average Bonchev–Trinajstić information content (AvgIpc) is 2.42. The molecule has 0 amide bonds. The fourth-order valence-corrected chi connectivity index (χ4v) is 2.11. The molecule has 2 N–H and O–H groups in total. The zero-order valence-corrected chi connectivity index (χ0v) is 12.4. The minimum atomic E-state index is 0.464. The van der Waals surface area contributed by atoms with Crippen LogP contribution < -0.4 is 15.2 Å². The summed E-state index contributed by atoms with van der Waals surface area (Å²) < 4.78 is 12.0. The van der Waals surface area contributed by atoms with Crippen LogP contribution in [0.2, 0.25) is 0 Å². The Bertz CT molecular complexity index is 588. The number of aromatic nitrogens is 1. The van der Waals surface area contributed by atoms with E-state index in [2.05, 4.69) is 20.9 Å². The van der Waals surface area contributed by atoms with Crippen LogP contribution in [0.15, 0.2) is 34.9 Å². The maximum absolute atomic E-state index is 5.79. The van der Waals surface area contributed by atoms with E-state index in [1.54, 1.807) is 13.3 Å². The molecule has 0 aliphatic heterocycles. The maximum atomic E-state index is 5.79. The first-order valence-corrected chi connectivity index (χ1v) is 6.60.